The maximum Gasteiger partial charge on any atom is 0.250 e. The van der Waals surface area contributed by atoms with Crippen LogP contribution >= 0.6 is 0 Å². The van der Waals surface area contributed by atoms with E-state index < -0.39 is 117 Å². The van der Waals surface area contributed by atoms with Crippen LogP contribution in [0.3, 0.4) is 0 Å². The minimum absolute atomic E-state index is 0.0169. The first-order chi connectivity index (χ1) is 19.9. The van der Waals surface area contributed by atoms with Crippen LogP contribution in [0.4, 0.5) is 0 Å². The van der Waals surface area contributed by atoms with Crippen LogP contribution in [0, 0.1) is 0 Å². The summed E-state index contributed by atoms with van der Waals surface area (Å²) in [7, 11) is 0. The molecule has 0 aromatic carbocycles. The van der Waals surface area contributed by atoms with Crippen molar-refractivity contribution in [1.29, 1.82) is 0 Å². The van der Waals surface area contributed by atoms with Crippen molar-refractivity contribution in [2.75, 3.05) is 32.8 Å². The highest BCUT2D eigenvalue weighted by atomic mass is 16.7. The molecule has 2 heterocycles. The fourth-order valence-electron chi connectivity index (χ4n) is 5.23. The lowest BCUT2D eigenvalue weighted by atomic mass is 9.83. The number of amides is 1. The standard InChI is InChI=1S/C23H46N6O13/c24-4-9(32)21(38)29-8-3-7(25)19(41-22-13(27)16(35)15(34)10(39-22)5-28-1-2-30)18(37)20(8)42-23-17(36)12(26)14(33)11(6-31)40-23/h7-20,22-23,28,30-37H,1-6,24-27H2,(H,29,38)/t7-,8+,9-,10+,11+,12-,13+,14+,15+,16+,17+,18-,19?,20-,22+,23+/m0/s1. The van der Waals surface area contributed by atoms with Gasteiger partial charge in [-0.2, -0.15) is 0 Å². The Morgan fingerprint density at radius 1 is 0.857 bits per heavy atom. The maximum atomic E-state index is 12.5. The molecule has 18 N–H and O–H groups in total. The molecular formula is C23H46N6O13. The van der Waals surface area contributed by atoms with Crippen molar-refractivity contribution in [1.82, 2.24) is 10.6 Å². The zero-order chi connectivity index (χ0) is 31.3. The average molecular weight is 615 g/mol. The van der Waals surface area contributed by atoms with Gasteiger partial charge in [0, 0.05) is 25.7 Å². The second-order valence-corrected chi connectivity index (χ2v) is 10.8. The van der Waals surface area contributed by atoms with Gasteiger partial charge in [-0.05, 0) is 6.42 Å². The van der Waals surface area contributed by atoms with E-state index in [-0.39, 0.29) is 26.1 Å². The minimum Gasteiger partial charge on any atom is -0.395 e. The highest BCUT2D eigenvalue weighted by Crippen LogP contribution is 2.31. The van der Waals surface area contributed by atoms with Gasteiger partial charge in [-0.25, -0.2) is 0 Å². The Balaban J connectivity index is 1.83. The van der Waals surface area contributed by atoms with Gasteiger partial charge in [0.25, 0.3) is 0 Å². The lowest BCUT2D eigenvalue weighted by Gasteiger charge is -2.49. The normalized spacial score (nSPS) is 45.4. The summed E-state index contributed by atoms with van der Waals surface area (Å²) >= 11 is 0. The van der Waals surface area contributed by atoms with Gasteiger partial charge in [0.15, 0.2) is 12.6 Å². The van der Waals surface area contributed by atoms with Crippen LogP contribution in [0.1, 0.15) is 6.42 Å². The van der Waals surface area contributed by atoms with Crippen LogP contribution in [-0.2, 0) is 23.7 Å². The van der Waals surface area contributed by atoms with E-state index in [9.17, 15) is 40.5 Å². The summed E-state index contributed by atoms with van der Waals surface area (Å²) in [5.41, 5.74) is 23.6. The Morgan fingerprint density at radius 3 is 2.12 bits per heavy atom. The monoisotopic (exact) mass is 614 g/mol. The number of hydrogen-bond acceptors (Lipinski definition) is 18. The number of aliphatic hydroxyl groups excluding tert-OH is 8. The zero-order valence-electron chi connectivity index (χ0n) is 22.9. The third kappa shape index (κ3) is 7.89. The van der Waals surface area contributed by atoms with Gasteiger partial charge in [0.2, 0.25) is 5.91 Å². The largest absolute Gasteiger partial charge is 0.395 e. The second kappa shape index (κ2) is 15.7. The van der Waals surface area contributed by atoms with E-state index in [1.807, 2.05) is 0 Å². The third-order valence-electron chi connectivity index (χ3n) is 7.77. The summed E-state index contributed by atoms with van der Waals surface area (Å²) < 4.78 is 23.0. The summed E-state index contributed by atoms with van der Waals surface area (Å²) in [6, 6.07) is -4.70. The first kappa shape index (κ1) is 35.3. The molecule has 3 fully saturated rings. The number of nitrogens with two attached hydrogens (primary N) is 4. The Hall–Kier alpha value is -1.21. The maximum absolute atomic E-state index is 12.5. The summed E-state index contributed by atoms with van der Waals surface area (Å²) in [6.45, 7) is -1.06. The lowest BCUT2D eigenvalue weighted by molar-refractivity contribution is -0.320. The van der Waals surface area contributed by atoms with E-state index in [1.54, 1.807) is 0 Å². The van der Waals surface area contributed by atoms with Crippen LogP contribution in [0.2, 0.25) is 0 Å². The van der Waals surface area contributed by atoms with E-state index >= 15 is 0 Å². The van der Waals surface area contributed by atoms with Gasteiger partial charge >= 0.3 is 0 Å². The minimum atomic E-state index is -1.69. The van der Waals surface area contributed by atoms with Crippen molar-refractivity contribution in [3.05, 3.63) is 0 Å². The average Bonchev–Trinajstić information content (AvgIpc) is 2.97. The molecule has 0 bridgehead atoms. The number of carbonyl (C=O) groups is 1. The molecule has 19 heteroatoms. The van der Waals surface area contributed by atoms with Gasteiger partial charge in [0.1, 0.15) is 61.0 Å². The lowest BCUT2D eigenvalue weighted by Crippen LogP contribution is -2.70. The quantitative estimate of drug-likeness (QED) is 0.0907. The second-order valence-electron chi connectivity index (χ2n) is 10.8. The predicted molar refractivity (Wildman–Crippen MR) is 140 cm³/mol. The molecule has 0 aromatic heterocycles. The molecule has 0 radical (unpaired) electrons. The van der Waals surface area contributed by atoms with Crippen molar-refractivity contribution in [2.45, 2.75) is 104 Å². The van der Waals surface area contributed by atoms with E-state index in [2.05, 4.69) is 10.6 Å². The van der Waals surface area contributed by atoms with E-state index in [1.165, 1.54) is 0 Å². The summed E-state index contributed by atoms with van der Waals surface area (Å²) in [6.07, 6.45) is -17.4. The van der Waals surface area contributed by atoms with Gasteiger partial charge in [-0.15, -0.1) is 0 Å². The van der Waals surface area contributed by atoms with Crippen molar-refractivity contribution in [2.24, 2.45) is 22.9 Å². The molecule has 42 heavy (non-hydrogen) atoms. The van der Waals surface area contributed by atoms with Gasteiger partial charge in [0.05, 0.1) is 31.3 Å². The molecular weight excluding hydrogens is 568 g/mol. The number of ether oxygens (including phenoxy) is 4. The first-order valence-corrected chi connectivity index (χ1v) is 13.8. The summed E-state index contributed by atoms with van der Waals surface area (Å²) in [5, 5.41) is 86.9. The topological polar surface area (TPSA) is 344 Å². The number of rotatable bonds is 12. The highest BCUT2D eigenvalue weighted by Gasteiger charge is 2.52. The number of nitrogens with one attached hydrogen (secondary N) is 2. The van der Waals surface area contributed by atoms with Crippen LogP contribution in [-0.4, -0.2) is 177 Å². The molecule has 0 aromatic rings. The van der Waals surface area contributed by atoms with Crippen LogP contribution in [0.25, 0.3) is 0 Å². The molecule has 1 amide bonds. The Kier molecular flexibility index (Phi) is 13.2. The molecule has 3 aliphatic rings. The fourth-order valence-corrected chi connectivity index (χ4v) is 5.23. The number of carbonyl (C=O) groups excluding carboxylic acids is 1. The van der Waals surface area contributed by atoms with Gasteiger partial charge in [-0.3, -0.25) is 4.79 Å². The molecule has 16 atom stereocenters. The fraction of sp³-hybridized carbons (Fsp3) is 0.957. The molecule has 2 saturated heterocycles. The number of hydrogen-bond donors (Lipinski definition) is 14. The zero-order valence-corrected chi connectivity index (χ0v) is 22.9. The Labute approximate surface area is 241 Å². The molecule has 1 aliphatic carbocycles. The third-order valence-corrected chi connectivity index (χ3v) is 7.77. The molecule has 2 aliphatic heterocycles. The molecule has 3 rings (SSSR count). The summed E-state index contributed by atoms with van der Waals surface area (Å²) in [4.78, 5) is 12.5. The van der Waals surface area contributed by atoms with E-state index in [0.717, 1.165) is 0 Å². The molecule has 246 valence electrons. The molecule has 1 saturated carbocycles. The van der Waals surface area contributed by atoms with Crippen molar-refractivity contribution in [3.8, 4) is 0 Å². The van der Waals surface area contributed by atoms with E-state index in [0.29, 0.717) is 0 Å². The predicted octanol–water partition coefficient (Wildman–Crippen LogP) is -9.22. The molecule has 1 unspecified atom stereocenters. The number of aliphatic hydroxyl groups is 8. The Morgan fingerprint density at radius 2 is 1.50 bits per heavy atom. The Bertz CT molecular complexity index is 851. The molecule has 19 nitrogen and oxygen atoms in total. The van der Waals surface area contributed by atoms with E-state index in [4.69, 9.17) is 47.0 Å². The van der Waals surface area contributed by atoms with Gasteiger partial charge < -0.3 is 93.4 Å². The highest BCUT2D eigenvalue weighted by molar-refractivity contribution is 5.81. The van der Waals surface area contributed by atoms with Crippen LogP contribution in [0.5, 0.6) is 0 Å². The summed E-state index contributed by atoms with van der Waals surface area (Å²) in [5.74, 6) is -0.895. The first-order valence-electron chi connectivity index (χ1n) is 13.8. The smallest absolute Gasteiger partial charge is 0.250 e. The van der Waals surface area contributed by atoms with Crippen molar-refractivity contribution in [3.63, 3.8) is 0 Å². The van der Waals surface area contributed by atoms with Crippen LogP contribution < -0.4 is 33.6 Å². The molecule has 0 spiro atoms. The van der Waals surface area contributed by atoms with Gasteiger partial charge in [-0.1, -0.05) is 0 Å². The van der Waals surface area contributed by atoms with Crippen LogP contribution in [0.15, 0.2) is 0 Å². The SMILES string of the molecule is NC[C@H](O)C(=O)N[C@@H]1C[C@H](N)C(O[C@H]2O[C@H](CNCCO)[C@@H](O)[C@H](O)[C@H]2N)[C@H](O)[C@H]1O[C@H]1O[C@H](CO)[C@@H](O)[C@H](N)[C@H]1O. The van der Waals surface area contributed by atoms with Crippen molar-refractivity contribution >= 4 is 5.91 Å². The van der Waals surface area contributed by atoms with Crippen molar-refractivity contribution < 1.29 is 64.6 Å².